The van der Waals surface area contributed by atoms with Gasteiger partial charge in [-0.25, -0.2) is 4.79 Å². The summed E-state index contributed by atoms with van der Waals surface area (Å²) in [4.78, 5) is 11.6. The minimum absolute atomic E-state index is 0.194. The fourth-order valence-electron chi connectivity index (χ4n) is 3.22. The monoisotopic (exact) mass is 442 g/mol. The first-order valence-corrected chi connectivity index (χ1v) is 9.85. The van der Waals surface area contributed by atoms with Gasteiger partial charge in [0.25, 0.3) is 0 Å². The van der Waals surface area contributed by atoms with Gasteiger partial charge in [0.05, 0.1) is 14.2 Å². The maximum Gasteiger partial charge on any atom is 0.532 e. The lowest BCUT2D eigenvalue weighted by molar-refractivity contribution is 0.154. The van der Waals surface area contributed by atoms with Crippen molar-refractivity contribution >= 4 is 29.9 Å². The minimum atomic E-state index is -1.05. The first-order valence-electron chi connectivity index (χ1n) is 9.23. The number of ether oxygens (including phenoxy) is 3. The molecule has 2 aromatic carbocycles. The molecule has 0 aromatic heterocycles. The van der Waals surface area contributed by atoms with Gasteiger partial charge in [0.1, 0.15) is 23.7 Å². The van der Waals surface area contributed by atoms with E-state index < -0.39 is 6.16 Å². The van der Waals surface area contributed by atoms with Crippen LogP contribution in [-0.2, 0) is 17.1 Å². The molecule has 0 N–H and O–H groups in total. The number of hydrogen-bond acceptors (Lipinski definition) is 6. The molecule has 0 saturated carbocycles. The van der Waals surface area contributed by atoms with Crippen LogP contribution in [0.5, 0.6) is 23.0 Å². The molecule has 2 rings (SSSR count). The number of rotatable bonds is 9. The molecule has 0 radical (unpaired) electrons. The second-order valence-electron chi connectivity index (χ2n) is 6.33. The molecular weight excluding hydrogens is 419 g/mol. The summed E-state index contributed by atoms with van der Waals surface area (Å²) in [7, 11) is 3.06. The topological polar surface area (TPSA) is 63.2 Å². The highest BCUT2D eigenvalue weighted by atomic mass is 35.5. The highest BCUT2D eigenvalue weighted by Gasteiger charge is 2.20. The van der Waals surface area contributed by atoms with Gasteiger partial charge in [-0.15, -0.1) is 0 Å². The average Bonchev–Trinajstić information content (AvgIpc) is 2.74. The third kappa shape index (κ3) is 5.40. The second kappa shape index (κ2) is 11.0. The van der Waals surface area contributed by atoms with E-state index in [4.69, 9.17) is 42.2 Å². The number of carbonyl (C=O) groups excluding carboxylic acids is 1. The number of aryl methyl sites for hydroxylation is 2. The van der Waals surface area contributed by atoms with Gasteiger partial charge in [0, 0.05) is 0 Å². The summed E-state index contributed by atoms with van der Waals surface area (Å²) in [6.07, 6.45) is 2.40. The molecule has 0 amide bonds. The van der Waals surface area contributed by atoms with Crippen molar-refractivity contribution in [2.24, 2.45) is 0 Å². The molecule has 0 atom stereocenters. The fourth-order valence-corrected chi connectivity index (χ4v) is 3.37. The Morgan fingerprint density at radius 1 is 0.793 bits per heavy atom. The van der Waals surface area contributed by atoms with E-state index in [-0.39, 0.29) is 5.75 Å². The lowest BCUT2D eigenvalue weighted by Gasteiger charge is -2.19. The molecule has 0 unspecified atom stereocenters. The van der Waals surface area contributed by atoms with Crippen LogP contribution in [0.15, 0.2) is 24.3 Å². The Balaban J connectivity index is 2.76. The summed E-state index contributed by atoms with van der Waals surface area (Å²) >= 11 is 10.8. The highest BCUT2D eigenvalue weighted by molar-refractivity contribution is 6.12. The smallest absolute Gasteiger partial charge is 0.493 e. The molecule has 2 aromatic rings. The van der Waals surface area contributed by atoms with Gasteiger partial charge < -0.3 is 22.8 Å². The van der Waals surface area contributed by atoms with Crippen molar-refractivity contribution in [3.63, 3.8) is 0 Å². The normalized spacial score (nSPS) is 10.4. The first-order chi connectivity index (χ1) is 14.0. The number of hydrogen-bond donors (Lipinski definition) is 0. The van der Waals surface area contributed by atoms with E-state index in [0.717, 1.165) is 47.9 Å². The van der Waals surface area contributed by atoms with Crippen molar-refractivity contribution in [2.75, 3.05) is 14.2 Å². The number of halogens is 2. The van der Waals surface area contributed by atoms with Crippen LogP contribution in [0.2, 0.25) is 0 Å². The van der Waals surface area contributed by atoms with E-state index in [9.17, 15) is 4.79 Å². The molecule has 0 aliphatic carbocycles. The molecule has 6 nitrogen and oxygen atoms in total. The Kier molecular flexibility index (Phi) is 8.73. The lowest BCUT2D eigenvalue weighted by Crippen LogP contribution is -2.07. The molecule has 158 valence electrons. The molecule has 0 aliphatic rings. The zero-order chi connectivity index (χ0) is 21.4. The molecule has 0 saturated heterocycles. The van der Waals surface area contributed by atoms with Crippen LogP contribution in [0.4, 0.5) is 4.79 Å². The van der Waals surface area contributed by atoms with E-state index >= 15 is 0 Å². The third-order valence-corrected chi connectivity index (χ3v) is 4.74. The molecular formula is C21H24Cl2O6. The van der Waals surface area contributed by atoms with Gasteiger partial charge in [0.2, 0.25) is 0 Å². The molecule has 8 heteroatoms. The fraction of sp³-hybridized carbons (Fsp3) is 0.381. The first kappa shape index (κ1) is 23.0. The van der Waals surface area contributed by atoms with Gasteiger partial charge in [-0.2, -0.15) is 0 Å². The SMILES string of the molecule is CCCc1cc(OC)c(OCl)cc1-c1cc(OC(=O)OCl)c(OC)cc1CCC. The number of benzene rings is 2. The average molecular weight is 443 g/mol. The van der Waals surface area contributed by atoms with Gasteiger partial charge in [-0.05, 0) is 59.4 Å². The largest absolute Gasteiger partial charge is 0.532 e. The Labute approximate surface area is 180 Å². The summed E-state index contributed by atoms with van der Waals surface area (Å²) in [5.74, 6) is 1.53. The molecule has 0 bridgehead atoms. The van der Waals surface area contributed by atoms with Crippen molar-refractivity contribution < 1.29 is 27.6 Å². The Bertz CT molecular complexity index is 854. The van der Waals surface area contributed by atoms with Crippen LogP contribution in [0.1, 0.15) is 37.8 Å². The Morgan fingerprint density at radius 3 is 1.69 bits per heavy atom. The van der Waals surface area contributed by atoms with Crippen LogP contribution >= 0.6 is 23.7 Å². The maximum absolute atomic E-state index is 11.6. The van der Waals surface area contributed by atoms with E-state index in [1.807, 2.05) is 18.2 Å². The van der Waals surface area contributed by atoms with Crippen molar-refractivity contribution in [1.82, 2.24) is 0 Å². The summed E-state index contributed by atoms with van der Waals surface area (Å²) in [5.41, 5.74) is 3.85. The van der Waals surface area contributed by atoms with Crippen LogP contribution < -0.4 is 18.5 Å². The summed E-state index contributed by atoms with van der Waals surface area (Å²) in [6.45, 7) is 4.17. The molecule has 0 heterocycles. The van der Waals surface area contributed by atoms with E-state index in [1.54, 1.807) is 13.2 Å². The summed E-state index contributed by atoms with van der Waals surface area (Å²) in [6, 6.07) is 7.30. The lowest BCUT2D eigenvalue weighted by atomic mass is 9.90. The second-order valence-corrected chi connectivity index (χ2v) is 6.64. The predicted molar refractivity (Wildman–Crippen MR) is 112 cm³/mol. The van der Waals surface area contributed by atoms with Crippen LogP contribution in [0, 0.1) is 0 Å². The maximum atomic E-state index is 11.6. The van der Waals surface area contributed by atoms with E-state index in [2.05, 4.69) is 18.1 Å². The van der Waals surface area contributed by atoms with Gasteiger partial charge in [-0.3, -0.25) is 0 Å². The zero-order valence-corrected chi connectivity index (χ0v) is 18.4. The summed E-state index contributed by atoms with van der Waals surface area (Å²) < 4.78 is 25.1. The summed E-state index contributed by atoms with van der Waals surface area (Å²) in [5, 5.41) is 0. The zero-order valence-electron chi connectivity index (χ0n) is 16.8. The van der Waals surface area contributed by atoms with Crippen molar-refractivity contribution in [3.8, 4) is 34.1 Å². The van der Waals surface area contributed by atoms with E-state index in [0.29, 0.717) is 17.2 Å². The third-order valence-electron chi connectivity index (χ3n) is 4.45. The van der Waals surface area contributed by atoms with Crippen LogP contribution in [0.25, 0.3) is 11.1 Å². The van der Waals surface area contributed by atoms with Crippen LogP contribution in [0.3, 0.4) is 0 Å². The van der Waals surface area contributed by atoms with Crippen molar-refractivity contribution in [3.05, 3.63) is 35.4 Å². The van der Waals surface area contributed by atoms with Crippen molar-refractivity contribution in [2.45, 2.75) is 39.5 Å². The Morgan fingerprint density at radius 2 is 1.28 bits per heavy atom. The number of carbonyl (C=O) groups is 1. The molecule has 0 fully saturated rings. The quantitative estimate of drug-likeness (QED) is 0.327. The van der Waals surface area contributed by atoms with Gasteiger partial charge >= 0.3 is 6.16 Å². The molecule has 0 aliphatic heterocycles. The van der Waals surface area contributed by atoms with Gasteiger partial charge in [0.15, 0.2) is 23.0 Å². The standard InChI is InChI=1S/C21H24Cl2O6/c1-5-7-13-9-17(25-3)19(27-21(24)29-23)11-15(13)16-12-20(28-22)18(26-4)10-14(16)8-6-2/h9-12H,5-8H2,1-4H3. The minimum Gasteiger partial charge on any atom is -0.493 e. The van der Waals surface area contributed by atoms with Crippen LogP contribution in [-0.4, -0.2) is 20.4 Å². The number of methoxy groups -OCH3 is 2. The van der Waals surface area contributed by atoms with E-state index in [1.165, 1.54) is 7.11 Å². The predicted octanol–water partition coefficient (Wildman–Crippen LogP) is 6.48. The molecule has 29 heavy (non-hydrogen) atoms. The Hall–Kier alpha value is -2.31. The van der Waals surface area contributed by atoms with Crippen molar-refractivity contribution in [1.29, 1.82) is 0 Å². The highest BCUT2D eigenvalue weighted by Crippen LogP contribution is 2.42. The molecule has 0 spiro atoms. The van der Waals surface area contributed by atoms with Gasteiger partial charge in [-0.1, -0.05) is 26.7 Å².